The molecule has 0 N–H and O–H groups in total. The van der Waals surface area contributed by atoms with Gasteiger partial charge in [0, 0.05) is 28.7 Å². The summed E-state index contributed by atoms with van der Waals surface area (Å²) in [5.41, 5.74) is 2.60. The molecule has 5 aromatic rings. The first kappa shape index (κ1) is 16.7. The number of rotatable bonds is 4. The fourth-order valence-corrected chi connectivity index (χ4v) is 3.87. The number of hydrogen-bond acceptors (Lipinski definition) is 6. The molecule has 0 atom stereocenters. The average molecular weight is 386 g/mol. The van der Waals surface area contributed by atoms with Gasteiger partial charge in [0.05, 0.1) is 16.8 Å². The maximum Gasteiger partial charge on any atom is 0.277 e. The van der Waals surface area contributed by atoms with E-state index < -0.39 is 0 Å². The second kappa shape index (κ2) is 6.94. The minimum Gasteiger partial charge on any atom is -0.411 e. The quantitative estimate of drug-likeness (QED) is 0.418. The van der Waals surface area contributed by atoms with Gasteiger partial charge in [-0.25, -0.2) is 0 Å². The fourth-order valence-electron chi connectivity index (χ4n) is 3.26. The van der Waals surface area contributed by atoms with Gasteiger partial charge in [-0.05, 0) is 24.3 Å². The first-order chi connectivity index (χ1) is 13.8. The Kier molecular flexibility index (Phi) is 4.14. The largest absolute Gasteiger partial charge is 0.411 e. The van der Waals surface area contributed by atoms with Gasteiger partial charge in [-0.2, -0.15) is 0 Å². The Balaban J connectivity index is 1.43. The van der Waals surface area contributed by atoms with E-state index in [0.717, 1.165) is 27.4 Å². The fraction of sp³-hybridized carbons (Fsp3) is 0.0476. The Labute approximate surface area is 164 Å². The topological polar surface area (TPSA) is 73.8 Å². The van der Waals surface area contributed by atoms with Gasteiger partial charge in [0.25, 0.3) is 5.22 Å². The number of benzene rings is 2. The van der Waals surface area contributed by atoms with E-state index in [9.17, 15) is 4.79 Å². The number of aromatic nitrogens is 4. The maximum atomic E-state index is 13.0. The van der Waals surface area contributed by atoms with Gasteiger partial charge in [0.1, 0.15) is 0 Å². The number of carbonyl (C=O) groups is 1. The monoisotopic (exact) mass is 386 g/mol. The molecule has 0 aliphatic rings. The van der Waals surface area contributed by atoms with Crippen LogP contribution in [0.1, 0.15) is 4.79 Å². The molecule has 3 heterocycles. The van der Waals surface area contributed by atoms with Crippen LogP contribution in [0.5, 0.6) is 0 Å². The van der Waals surface area contributed by atoms with Gasteiger partial charge in [-0.3, -0.25) is 14.3 Å². The van der Waals surface area contributed by atoms with Crippen molar-refractivity contribution in [2.24, 2.45) is 0 Å². The second-order valence-corrected chi connectivity index (χ2v) is 7.09. The normalized spacial score (nSPS) is 11.3. The number of hydrogen-bond donors (Lipinski definition) is 0. The zero-order valence-corrected chi connectivity index (χ0v) is 15.5. The van der Waals surface area contributed by atoms with Crippen LogP contribution in [-0.2, 0) is 0 Å². The second-order valence-electron chi connectivity index (χ2n) is 6.16. The molecule has 136 valence electrons. The summed E-state index contributed by atoms with van der Waals surface area (Å²) in [6.07, 6.45) is 3.33. The Morgan fingerprint density at radius 2 is 1.54 bits per heavy atom. The van der Waals surface area contributed by atoms with E-state index in [4.69, 9.17) is 4.42 Å². The molecule has 7 heteroatoms. The molecule has 0 aliphatic carbocycles. The number of fused-ring (bicyclic) bond motifs is 3. The molecule has 2 aromatic carbocycles. The highest BCUT2D eigenvalue weighted by Crippen LogP contribution is 2.30. The molecule has 3 aromatic heterocycles. The standard InChI is InChI=1S/C21H14N4O2S/c26-19(13-28-21-24-23-20(27-21)14-9-11-22-12-10-14)25-17-7-3-1-5-15(17)16-6-2-4-8-18(16)25/h1-12H,13H2. The first-order valence-electron chi connectivity index (χ1n) is 8.69. The van der Waals surface area contributed by atoms with E-state index in [1.165, 1.54) is 11.8 Å². The van der Waals surface area contributed by atoms with Crippen LogP contribution in [-0.4, -0.2) is 31.4 Å². The summed E-state index contributed by atoms with van der Waals surface area (Å²) in [5, 5.41) is 10.6. The van der Waals surface area contributed by atoms with Gasteiger partial charge < -0.3 is 4.42 Å². The van der Waals surface area contributed by atoms with Gasteiger partial charge in [0.15, 0.2) is 0 Å². The SMILES string of the molecule is O=C(CSc1nnc(-c2ccncc2)o1)n1c2ccccc2c2ccccc21. The summed E-state index contributed by atoms with van der Waals surface area (Å²) in [6.45, 7) is 0. The van der Waals surface area contributed by atoms with Crippen LogP contribution in [0.25, 0.3) is 33.3 Å². The summed E-state index contributed by atoms with van der Waals surface area (Å²) in [5.74, 6) is 0.570. The minimum absolute atomic E-state index is 0.0361. The van der Waals surface area contributed by atoms with Crippen LogP contribution < -0.4 is 0 Å². The van der Waals surface area contributed by atoms with Crippen molar-refractivity contribution in [3.63, 3.8) is 0 Å². The van der Waals surface area contributed by atoms with Crippen molar-refractivity contribution < 1.29 is 9.21 Å². The zero-order chi connectivity index (χ0) is 18.9. The Hall–Kier alpha value is -3.45. The van der Waals surface area contributed by atoms with Gasteiger partial charge in [-0.1, -0.05) is 48.2 Å². The van der Waals surface area contributed by atoms with Crippen molar-refractivity contribution in [1.82, 2.24) is 19.7 Å². The third-order valence-corrected chi connectivity index (χ3v) is 5.29. The molecule has 0 radical (unpaired) electrons. The first-order valence-corrected chi connectivity index (χ1v) is 9.68. The predicted octanol–water partition coefficient (Wildman–Crippen LogP) is 4.67. The summed E-state index contributed by atoms with van der Waals surface area (Å²) in [7, 11) is 0. The molecule has 28 heavy (non-hydrogen) atoms. The lowest BCUT2D eigenvalue weighted by molar-refractivity contribution is 0.0951. The third kappa shape index (κ3) is 2.86. The number of pyridine rings is 1. The maximum absolute atomic E-state index is 13.0. The number of thioether (sulfide) groups is 1. The van der Waals surface area contributed by atoms with Gasteiger partial charge >= 0.3 is 0 Å². The van der Waals surface area contributed by atoms with E-state index in [1.54, 1.807) is 29.1 Å². The molecule has 0 amide bonds. The number of para-hydroxylation sites is 2. The molecule has 0 spiro atoms. The predicted molar refractivity (Wildman–Crippen MR) is 108 cm³/mol. The Bertz CT molecular complexity index is 1240. The van der Waals surface area contributed by atoms with E-state index >= 15 is 0 Å². The molecule has 0 saturated heterocycles. The van der Waals surface area contributed by atoms with Crippen molar-refractivity contribution in [2.45, 2.75) is 5.22 Å². The third-order valence-electron chi connectivity index (χ3n) is 4.48. The van der Waals surface area contributed by atoms with Crippen LogP contribution in [0, 0.1) is 0 Å². The smallest absolute Gasteiger partial charge is 0.277 e. The lowest BCUT2D eigenvalue weighted by atomic mass is 10.2. The van der Waals surface area contributed by atoms with Crippen LogP contribution in [0.15, 0.2) is 82.7 Å². The molecule has 0 aliphatic heterocycles. The number of carbonyl (C=O) groups excluding carboxylic acids is 1. The summed E-state index contributed by atoms with van der Waals surface area (Å²) < 4.78 is 7.43. The Morgan fingerprint density at radius 3 is 2.21 bits per heavy atom. The molecule has 0 fully saturated rings. The van der Waals surface area contributed by atoms with Gasteiger partial charge in [-0.15, -0.1) is 10.2 Å². The molecule has 0 bridgehead atoms. The highest BCUT2D eigenvalue weighted by molar-refractivity contribution is 7.99. The molecular weight excluding hydrogens is 372 g/mol. The number of nitrogens with zero attached hydrogens (tertiary/aromatic N) is 4. The van der Waals surface area contributed by atoms with E-state index in [2.05, 4.69) is 15.2 Å². The summed E-state index contributed by atoms with van der Waals surface area (Å²) in [4.78, 5) is 17.0. The van der Waals surface area contributed by atoms with Crippen molar-refractivity contribution in [2.75, 3.05) is 5.75 Å². The molecule has 0 saturated carbocycles. The lowest BCUT2D eigenvalue weighted by Gasteiger charge is -2.04. The Morgan fingerprint density at radius 1 is 0.893 bits per heavy atom. The highest BCUT2D eigenvalue weighted by Gasteiger charge is 2.17. The van der Waals surface area contributed by atoms with Crippen molar-refractivity contribution in [1.29, 1.82) is 0 Å². The van der Waals surface area contributed by atoms with Crippen LogP contribution in [0.3, 0.4) is 0 Å². The zero-order valence-electron chi connectivity index (χ0n) is 14.6. The summed E-state index contributed by atoms with van der Waals surface area (Å²) in [6, 6.07) is 19.4. The molecule has 6 nitrogen and oxygen atoms in total. The van der Waals surface area contributed by atoms with Crippen molar-refractivity contribution in [3.05, 3.63) is 73.1 Å². The summed E-state index contributed by atoms with van der Waals surface area (Å²) >= 11 is 1.23. The van der Waals surface area contributed by atoms with Gasteiger partial charge in [0.2, 0.25) is 11.8 Å². The molecular formula is C21H14N4O2S. The van der Waals surface area contributed by atoms with Crippen LogP contribution in [0.4, 0.5) is 0 Å². The van der Waals surface area contributed by atoms with Crippen LogP contribution >= 0.6 is 11.8 Å². The average Bonchev–Trinajstić information content (AvgIpc) is 3.36. The molecule has 0 unspecified atom stereocenters. The van der Waals surface area contributed by atoms with Crippen molar-refractivity contribution in [3.8, 4) is 11.5 Å². The van der Waals surface area contributed by atoms with E-state index in [-0.39, 0.29) is 11.7 Å². The molecule has 5 rings (SSSR count). The minimum atomic E-state index is -0.0361. The van der Waals surface area contributed by atoms with Crippen LogP contribution in [0.2, 0.25) is 0 Å². The highest BCUT2D eigenvalue weighted by atomic mass is 32.2. The van der Waals surface area contributed by atoms with E-state index in [1.807, 2.05) is 48.5 Å². The van der Waals surface area contributed by atoms with E-state index in [0.29, 0.717) is 11.1 Å². The lowest BCUT2D eigenvalue weighted by Crippen LogP contribution is -2.12. The van der Waals surface area contributed by atoms with Crippen molar-refractivity contribution >= 4 is 39.5 Å².